The van der Waals surface area contributed by atoms with Gasteiger partial charge < -0.3 is 5.11 Å². The molecule has 2 aromatic carbocycles. The summed E-state index contributed by atoms with van der Waals surface area (Å²) in [7, 11) is 0. The van der Waals surface area contributed by atoms with Crippen LogP contribution in [-0.4, -0.2) is 5.11 Å². The molecule has 18 heavy (non-hydrogen) atoms. The SMILES string of the molecule is CC(O)(c1ccc(Cl)cc1)c1ccc(C#N)cc1. The van der Waals surface area contributed by atoms with Gasteiger partial charge in [-0.1, -0.05) is 35.9 Å². The molecule has 0 radical (unpaired) electrons. The summed E-state index contributed by atoms with van der Waals surface area (Å²) in [5, 5.41) is 20.0. The molecule has 0 amide bonds. The third-order valence-corrected chi connectivity index (χ3v) is 3.23. The van der Waals surface area contributed by atoms with E-state index in [2.05, 4.69) is 6.07 Å². The van der Waals surface area contributed by atoms with Gasteiger partial charge in [0, 0.05) is 5.02 Å². The van der Waals surface area contributed by atoms with Gasteiger partial charge in [0.1, 0.15) is 5.60 Å². The summed E-state index contributed by atoms with van der Waals surface area (Å²) in [6.45, 7) is 1.72. The Morgan fingerprint density at radius 3 is 1.89 bits per heavy atom. The summed E-state index contributed by atoms with van der Waals surface area (Å²) in [6, 6.07) is 16.0. The van der Waals surface area contributed by atoms with Crippen molar-refractivity contribution in [1.82, 2.24) is 0 Å². The molecule has 2 nitrogen and oxygen atoms in total. The number of benzene rings is 2. The summed E-state index contributed by atoms with van der Waals surface area (Å²) in [5.74, 6) is 0. The van der Waals surface area contributed by atoms with E-state index < -0.39 is 5.60 Å². The Balaban J connectivity index is 2.40. The van der Waals surface area contributed by atoms with Gasteiger partial charge in [0.15, 0.2) is 0 Å². The Morgan fingerprint density at radius 2 is 1.44 bits per heavy atom. The van der Waals surface area contributed by atoms with E-state index in [-0.39, 0.29) is 0 Å². The van der Waals surface area contributed by atoms with Crippen molar-refractivity contribution in [2.75, 3.05) is 0 Å². The lowest BCUT2D eigenvalue weighted by atomic mass is 9.88. The Bertz CT molecular complexity index is 579. The fourth-order valence-corrected chi connectivity index (χ4v) is 1.94. The van der Waals surface area contributed by atoms with Crippen LogP contribution >= 0.6 is 11.6 Å². The quantitative estimate of drug-likeness (QED) is 0.895. The Hall–Kier alpha value is -1.82. The van der Waals surface area contributed by atoms with E-state index in [1.807, 2.05) is 0 Å². The van der Waals surface area contributed by atoms with Crippen LogP contribution in [0.1, 0.15) is 23.6 Å². The largest absolute Gasteiger partial charge is 0.381 e. The van der Waals surface area contributed by atoms with E-state index in [0.29, 0.717) is 10.6 Å². The van der Waals surface area contributed by atoms with Gasteiger partial charge in [-0.05, 0) is 42.3 Å². The molecule has 1 atom stereocenters. The van der Waals surface area contributed by atoms with E-state index in [9.17, 15) is 5.11 Å². The Kier molecular flexibility index (Phi) is 3.38. The predicted octanol–water partition coefficient (Wildman–Crippen LogP) is 3.47. The normalized spacial score (nSPS) is 13.7. The van der Waals surface area contributed by atoms with Crippen molar-refractivity contribution in [2.24, 2.45) is 0 Å². The second kappa shape index (κ2) is 4.81. The average Bonchev–Trinajstić information content (AvgIpc) is 2.39. The summed E-state index contributed by atoms with van der Waals surface area (Å²) in [6.07, 6.45) is 0. The summed E-state index contributed by atoms with van der Waals surface area (Å²) in [4.78, 5) is 0. The first-order chi connectivity index (χ1) is 8.54. The van der Waals surface area contributed by atoms with E-state index in [1.54, 1.807) is 55.5 Å². The highest BCUT2D eigenvalue weighted by Crippen LogP contribution is 2.29. The van der Waals surface area contributed by atoms with Crippen molar-refractivity contribution in [3.8, 4) is 6.07 Å². The van der Waals surface area contributed by atoms with E-state index in [0.717, 1.165) is 11.1 Å². The predicted molar refractivity (Wildman–Crippen MR) is 71.3 cm³/mol. The van der Waals surface area contributed by atoms with Gasteiger partial charge in [-0.3, -0.25) is 0 Å². The van der Waals surface area contributed by atoms with Crippen LogP contribution < -0.4 is 0 Å². The molecule has 1 N–H and O–H groups in total. The van der Waals surface area contributed by atoms with Crippen LogP contribution in [-0.2, 0) is 5.60 Å². The van der Waals surface area contributed by atoms with Gasteiger partial charge in [-0.15, -0.1) is 0 Å². The fourth-order valence-electron chi connectivity index (χ4n) is 1.81. The number of nitriles is 1. The second-order valence-corrected chi connectivity index (χ2v) is 4.70. The minimum atomic E-state index is -1.10. The third kappa shape index (κ3) is 2.38. The topological polar surface area (TPSA) is 44.0 Å². The van der Waals surface area contributed by atoms with E-state index in [1.165, 1.54) is 0 Å². The molecule has 0 aliphatic heterocycles. The molecule has 1 unspecified atom stereocenters. The first-order valence-corrected chi connectivity index (χ1v) is 5.91. The maximum absolute atomic E-state index is 10.6. The van der Waals surface area contributed by atoms with Crippen molar-refractivity contribution in [2.45, 2.75) is 12.5 Å². The lowest BCUT2D eigenvalue weighted by molar-refractivity contribution is 0.102. The molecule has 0 aromatic heterocycles. The first kappa shape index (κ1) is 12.6. The Labute approximate surface area is 111 Å². The maximum Gasteiger partial charge on any atom is 0.112 e. The van der Waals surface area contributed by atoms with Gasteiger partial charge in [0.05, 0.1) is 11.6 Å². The number of hydrogen-bond donors (Lipinski definition) is 1. The zero-order valence-electron chi connectivity index (χ0n) is 9.89. The molecule has 2 rings (SSSR count). The van der Waals surface area contributed by atoms with Gasteiger partial charge in [0.2, 0.25) is 0 Å². The minimum absolute atomic E-state index is 0.575. The highest BCUT2D eigenvalue weighted by molar-refractivity contribution is 6.30. The molecule has 0 saturated carbocycles. The second-order valence-electron chi connectivity index (χ2n) is 4.27. The van der Waals surface area contributed by atoms with Crippen molar-refractivity contribution in [3.05, 3.63) is 70.2 Å². The van der Waals surface area contributed by atoms with E-state index >= 15 is 0 Å². The zero-order chi connectivity index (χ0) is 13.2. The van der Waals surface area contributed by atoms with Crippen LogP contribution in [0.3, 0.4) is 0 Å². The summed E-state index contributed by atoms with van der Waals surface area (Å²) in [5.41, 5.74) is 0.976. The molecule has 3 heteroatoms. The van der Waals surface area contributed by atoms with Crippen LogP contribution in [0.4, 0.5) is 0 Å². The highest BCUT2D eigenvalue weighted by Gasteiger charge is 2.25. The number of nitrogens with zero attached hydrogens (tertiary/aromatic N) is 1. The highest BCUT2D eigenvalue weighted by atomic mass is 35.5. The van der Waals surface area contributed by atoms with Crippen LogP contribution in [0.15, 0.2) is 48.5 Å². The molecule has 0 saturated heterocycles. The van der Waals surface area contributed by atoms with Crippen LogP contribution in [0.25, 0.3) is 0 Å². The average molecular weight is 258 g/mol. The summed E-state index contributed by atoms with van der Waals surface area (Å²) < 4.78 is 0. The van der Waals surface area contributed by atoms with Crippen molar-refractivity contribution >= 4 is 11.6 Å². The minimum Gasteiger partial charge on any atom is -0.381 e. The van der Waals surface area contributed by atoms with Crippen LogP contribution in [0, 0.1) is 11.3 Å². The monoisotopic (exact) mass is 257 g/mol. The molecule has 0 spiro atoms. The molecule has 2 aromatic rings. The number of aliphatic hydroxyl groups is 1. The molecule has 0 heterocycles. The van der Waals surface area contributed by atoms with Crippen molar-refractivity contribution in [1.29, 1.82) is 5.26 Å². The van der Waals surface area contributed by atoms with Gasteiger partial charge in [-0.2, -0.15) is 5.26 Å². The third-order valence-electron chi connectivity index (χ3n) is 2.98. The standard InChI is InChI=1S/C15H12ClNO/c1-15(18,13-6-8-14(16)9-7-13)12-4-2-11(10-17)3-5-12/h2-9,18H,1H3. The molecular weight excluding hydrogens is 246 g/mol. The molecule has 0 bridgehead atoms. The molecule has 0 fully saturated rings. The molecular formula is C15H12ClNO. The lowest BCUT2D eigenvalue weighted by Crippen LogP contribution is -2.22. The number of halogens is 1. The molecule has 0 aliphatic carbocycles. The maximum atomic E-state index is 10.6. The summed E-state index contributed by atoms with van der Waals surface area (Å²) >= 11 is 5.83. The smallest absolute Gasteiger partial charge is 0.112 e. The Morgan fingerprint density at radius 1 is 1.00 bits per heavy atom. The van der Waals surface area contributed by atoms with Crippen LogP contribution in [0.2, 0.25) is 5.02 Å². The van der Waals surface area contributed by atoms with E-state index in [4.69, 9.17) is 16.9 Å². The lowest BCUT2D eigenvalue weighted by Gasteiger charge is -2.24. The molecule has 0 aliphatic rings. The fraction of sp³-hybridized carbons (Fsp3) is 0.133. The van der Waals surface area contributed by atoms with Gasteiger partial charge in [-0.25, -0.2) is 0 Å². The first-order valence-electron chi connectivity index (χ1n) is 5.53. The van der Waals surface area contributed by atoms with Crippen LogP contribution in [0.5, 0.6) is 0 Å². The zero-order valence-corrected chi connectivity index (χ0v) is 10.6. The van der Waals surface area contributed by atoms with Crippen molar-refractivity contribution in [3.63, 3.8) is 0 Å². The van der Waals surface area contributed by atoms with Crippen molar-refractivity contribution < 1.29 is 5.11 Å². The molecule has 90 valence electrons. The number of rotatable bonds is 2. The van der Waals surface area contributed by atoms with Gasteiger partial charge >= 0.3 is 0 Å². The number of hydrogen-bond acceptors (Lipinski definition) is 2. The van der Waals surface area contributed by atoms with Gasteiger partial charge in [0.25, 0.3) is 0 Å².